The van der Waals surface area contributed by atoms with Crippen molar-refractivity contribution in [1.29, 1.82) is 0 Å². The molecule has 4 rings (SSSR count). The number of thioether (sulfide) groups is 1. The van der Waals surface area contributed by atoms with Crippen molar-refractivity contribution in [3.05, 3.63) is 64.1 Å². The summed E-state index contributed by atoms with van der Waals surface area (Å²) in [6.45, 7) is 6.05. The third-order valence-electron chi connectivity index (χ3n) is 5.75. The normalized spacial score (nSPS) is 16.9. The van der Waals surface area contributed by atoms with Crippen LogP contribution in [0.1, 0.15) is 29.5 Å². The molecule has 30 heavy (non-hydrogen) atoms. The van der Waals surface area contributed by atoms with E-state index in [2.05, 4.69) is 4.90 Å². The van der Waals surface area contributed by atoms with E-state index in [1.165, 1.54) is 29.5 Å². The van der Waals surface area contributed by atoms with E-state index in [0.717, 1.165) is 35.5 Å². The van der Waals surface area contributed by atoms with E-state index in [0.29, 0.717) is 21.9 Å². The average molecular weight is 423 g/mol. The zero-order valence-electron chi connectivity index (χ0n) is 17.4. The highest BCUT2D eigenvalue weighted by Crippen LogP contribution is 2.39. The summed E-state index contributed by atoms with van der Waals surface area (Å²) in [6.07, 6.45) is 2.39. The summed E-state index contributed by atoms with van der Waals surface area (Å²) in [6, 6.07) is 13.5. The molecule has 0 aliphatic carbocycles. The molecule has 2 aromatic rings. The number of nitrogens with zero attached hydrogens (tertiary/aromatic N) is 2. The molecule has 0 unspecified atom stereocenters. The lowest BCUT2D eigenvalue weighted by Crippen LogP contribution is -2.31. The number of carbonyl (C=O) groups excluding carboxylic acids is 2. The second-order valence-electron chi connectivity index (χ2n) is 7.73. The number of carbonyl (C=O) groups is 2. The molecule has 1 fully saturated rings. The molecule has 2 amide bonds. The van der Waals surface area contributed by atoms with Gasteiger partial charge in [-0.2, -0.15) is 0 Å². The molecule has 1 saturated heterocycles. The molecule has 1 N–H and O–H groups in total. The minimum absolute atomic E-state index is 0.0552. The molecule has 0 radical (unpaired) electrons. The summed E-state index contributed by atoms with van der Waals surface area (Å²) in [5, 5.41) is 9.28. The van der Waals surface area contributed by atoms with Gasteiger partial charge in [0.1, 0.15) is 0 Å². The second kappa shape index (κ2) is 8.66. The average Bonchev–Trinajstić information content (AvgIpc) is 3.36. The highest BCUT2D eigenvalue weighted by atomic mass is 32.2. The lowest BCUT2D eigenvalue weighted by Gasteiger charge is -2.20. The van der Waals surface area contributed by atoms with E-state index in [9.17, 15) is 14.7 Å². The van der Waals surface area contributed by atoms with Gasteiger partial charge in [-0.05, 0) is 67.6 Å². The summed E-state index contributed by atoms with van der Waals surface area (Å²) >= 11 is 1.24. The van der Waals surface area contributed by atoms with Crippen molar-refractivity contribution in [2.75, 3.05) is 35.2 Å². The van der Waals surface area contributed by atoms with Gasteiger partial charge in [0.2, 0.25) is 0 Å². The molecule has 0 aromatic heterocycles. The monoisotopic (exact) mass is 422 g/mol. The van der Waals surface area contributed by atoms with Crippen LogP contribution in [-0.2, 0) is 9.59 Å². The van der Waals surface area contributed by atoms with Gasteiger partial charge >= 0.3 is 0 Å². The van der Waals surface area contributed by atoms with Crippen LogP contribution in [0.5, 0.6) is 0 Å². The Morgan fingerprint density at radius 1 is 0.900 bits per heavy atom. The van der Waals surface area contributed by atoms with Crippen molar-refractivity contribution in [2.45, 2.75) is 26.7 Å². The van der Waals surface area contributed by atoms with Crippen molar-refractivity contribution in [2.24, 2.45) is 0 Å². The zero-order valence-corrected chi connectivity index (χ0v) is 18.2. The quantitative estimate of drug-likeness (QED) is 0.715. The summed E-state index contributed by atoms with van der Waals surface area (Å²) in [7, 11) is 0. The van der Waals surface area contributed by atoms with Crippen molar-refractivity contribution < 1.29 is 14.7 Å². The summed E-state index contributed by atoms with van der Waals surface area (Å²) in [4.78, 5) is 30.6. The second-order valence-corrected chi connectivity index (χ2v) is 8.84. The molecule has 2 aliphatic heterocycles. The number of aliphatic hydroxyl groups excluding tert-OH is 1. The van der Waals surface area contributed by atoms with E-state index < -0.39 is 0 Å². The Kier molecular flexibility index (Phi) is 5.97. The maximum absolute atomic E-state index is 13.4. The Morgan fingerprint density at radius 2 is 1.57 bits per heavy atom. The van der Waals surface area contributed by atoms with Crippen LogP contribution in [0, 0.1) is 13.8 Å². The molecule has 0 spiro atoms. The Morgan fingerprint density at radius 3 is 2.20 bits per heavy atom. The molecule has 0 saturated carbocycles. The van der Waals surface area contributed by atoms with Crippen molar-refractivity contribution >= 4 is 40.5 Å². The van der Waals surface area contributed by atoms with Gasteiger partial charge in [-0.25, -0.2) is 4.90 Å². The van der Waals surface area contributed by atoms with E-state index in [1.807, 2.05) is 56.3 Å². The Balaban J connectivity index is 1.69. The smallest absolute Gasteiger partial charge is 0.272 e. The summed E-state index contributed by atoms with van der Waals surface area (Å²) in [5.74, 6) is -0.261. The predicted octanol–water partition coefficient (Wildman–Crippen LogP) is 3.91. The number of anilines is 2. The summed E-state index contributed by atoms with van der Waals surface area (Å²) in [5.41, 5.74) is 5.06. The molecular weight excluding hydrogens is 396 g/mol. The first-order valence-corrected chi connectivity index (χ1v) is 11.3. The molecule has 2 heterocycles. The zero-order chi connectivity index (χ0) is 21.3. The third-order valence-corrected chi connectivity index (χ3v) is 6.81. The standard InChI is InChI=1S/C24H26N2O3S/c1-16-5-6-18(15-17(16)2)21-22(30-14-13-27)24(29)26(23(21)28)20-9-7-19(8-10-20)25-11-3-4-12-25/h5-10,15,27H,3-4,11-14H2,1-2H3. The lowest BCUT2D eigenvalue weighted by molar-refractivity contribution is -0.119. The van der Waals surface area contributed by atoms with Gasteiger partial charge in [-0.1, -0.05) is 18.2 Å². The molecule has 156 valence electrons. The Hall–Kier alpha value is -2.57. The van der Waals surface area contributed by atoms with E-state index in [4.69, 9.17) is 0 Å². The first-order chi connectivity index (χ1) is 14.5. The fraction of sp³-hybridized carbons (Fsp3) is 0.333. The number of rotatable bonds is 6. The number of hydrogen-bond donors (Lipinski definition) is 1. The fourth-order valence-electron chi connectivity index (χ4n) is 3.97. The Labute approximate surface area is 181 Å². The van der Waals surface area contributed by atoms with Gasteiger partial charge < -0.3 is 10.0 Å². The van der Waals surface area contributed by atoms with E-state index in [1.54, 1.807) is 0 Å². The first-order valence-electron chi connectivity index (χ1n) is 10.3. The molecule has 0 bridgehead atoms. The molecule has 2 aliphatic rings. The van der Waals surface area contributed by atoms with Crippen LogP contribution in [0.4, 0.5) is 11.4 Å². The number of benzene rings is 2. The van der Waals surface area contributed by atoms with Crippen LogP contribution < -0.4 is 9.80 Å². The van der Waals surface area contributed by atoms with Crippen LogP contribution in [0.2, 0.25) is 0 Å². The van der Waals surface area contributed by atoms with E-state index in [-0.39, 0.29) is 18.4 Å². The highest BCUT2D eigenvalue weighted by molar-refractivity contribution is 8.04. The minimum atomic E-state index is -0.319. The van der Waals surface area contributed by atoms with Gasteiger partial charge in [0.15, 0.2) is 0 Å². The highest BCUT2D eigenvalue weighted by Gasteiger charge is 2.40. The topological polar surface area (TPSA) is 60.9 Å². The maximum Gasteiger partial charge on any atom is 0.272 e. The van der Waals surface area contributed by atoms with Crippen LogP contribution >= 0.6 is 11.8 Å². The van der Waals surface area contributed by atoms with Crippen LogP contribution in [0.25, 0.3) is 5.57 Å². The fourth-order valence-corrected chi connectivity index (χ4v) is 4.82. The summed E-state index contributed by atoms with van der Waals surface area (Å²) < 4.78 is 0. The van der Waals surface area contributed by atoms with Gasteiger partial charge in [0, 0.05) is 24.5 Å². The largest absolute Gasteiger partial charge is 0.396 e. The predicted molar refractivity (Wildman–Crippen MR) is 123 cm³/mol. The van der Waals surface area contributed by atoms with Crippen molar-refractivity contribution in [1.82, 2.24) is 0 Å². The molecule has 2 aromatic carbocycles. The number of amides is 2. The number of aryl methyl sites for hydroxylation is 2. The van der Waals surface area contributed by atoms with Crippen LogP contribution in [0.15, 0.2) is 47.4 Å². The minimum Gasteiger partial charge on any atom is -0.396 e. The van der Waals surface area contributed by atoms with Crippen LogP contribution in [0.3, 0.4) is 0 Å². The van der Waals surface area contributed by atoms with Crippen LogP contribution in [-0.4, -0.2) is 42.4 Å². The maximum atomic E-state index is 13.4. The SMILES string of the molecule is Cc1ccc(C2=C(SCCO)C(=O)N(c3ccc(N4CCCC4)cc3)C2=O)cc1C. The third kappa shape index (κ3) is 3.77. The first kappa shape index (κ1) is 20.7. The number of imide groups is 1. The molecular formula is C24H26N2O3S. The van der Waals surface area contributed by atoms with Crippen molar-refractivity contribution in [3.8, 4) is 0 Å². The van der Waals surface area contributed by atoms with Gasteiger partial charge in [-0.15, -0.1) is 11.8 Å². The molecule has 0 atom stereocenters. The van der Waals surface area contributed by atoms with Gasteiger partial charge in [0.05, 0.1) is 22.8 Å². The van der Waals surface area contributed by atoms with Crippen molar-refractivity contribution in [3.63, 3.8) is 0 Å². The van der Waals surface area contributed by atoms with E-state index >= 15 is 0 Å². The van der Waals surface area contributed by atoms with Gasteiger partial charge in [-0.3, -0.25) is 9.59 Å². The molecule has 5 nitrogen and oxygen atoms in total. The lowest BCUT2D eigenvalue weighted by atomic mass is 10.0. The Bertz CT molecular complexity index is 1010. The number of hydrogen-bond acceptors (Lipinski definition) is 5. The number of aliphatic hydroxyl groups is 1. The molecule has 6 heteroatoms. The van der Waals surface area contributed by atoms with Gasteiger partial charge in [0.25, 0.3) is 11.8 Å².